The fraction of sp³-hybridized carbons (Fsp3) is 0.368. The molecule has 0 aliphatic carbocycles. The van der Waals surface area contributed by atoms with Crippen molar-refractivity contribution >= 4 is 0 Å². The second kappa shape index (κ2) is 7.13. The molecule has 0 atom stereocenters. The van der Waals surface area contributed by atoms with Gasteiger partial charge in [0.2, 0.25) is 0 Å². The Hall–Kier alpha value is -1.56. The van der Waals surface area contributed by atoms with Gasteiger partial charge in [0.15, 0.2) is 0 Å². The average Bonchev–Trinajstić information content (AvgIpc) is 2.44. The van der Waals surface area contributed by atoms with E-state index >= 15 is 0 Å². The Morgan fingerprint density at radius 1 is 0.789 bits per heavy atom. The highest BCUT2D eigenvalue weighted by molar-refractivity contribution is 5.29. The highest BCUT2D eigenvalue weighted by Crippen LogP contribution is 2.15. The van der Waals surface area contributed by atoms with E-state index in [9.17, 15) is 0 Å². The smallest absolute Gasteiger partial charge is 0.0236 e. The first-order chi connectivity index (χ1) is 9.29. The first-order valence-corrected chi connectivity index (χ1v) is 7.42. The topological polar surface area (TPSA) is 0 Å². The van der Waals surface area contributed by atoms with E-state index < -0.39 is 0 Å². The molecule has 0 amide bonds. The Kier molecular flexibility index (Phi) is 5.20. The van der Waals surface area contributed by atoms with Gasteiger partial charge < -0.3 is 0 Å². The molecular formula is C19H24. The van der Waals surface area contributed by atoms with Gasteiger partial charge in [-0.25, -0.2) is 0 Å². The minimum Gasteiger partial charge on any atom is -0.0654 e. The third-order valence-electron chi connectivity index (χ3n) is 3.68. The number of benzene rings is 2. The molecule has 0 nitrogen and oxygen atoms in total. The minimum atomic E-state index is 1.14. The van der Waals surface area contributed by atoms with Crippen LogP contribution < -0.4 is 0 Å². The molecule has 100 valence electrons. The zero-order chi connectivity index (χ0) is 13.5. The summed E-state index contributed by atoms with van der Waals surface area (Å²) >= 11 is 0. The molecule has 0 aliphatic heterocycles. The van der Waals surface area contributed by atoms with Crippen molar-refractivity contribution in [2.45, 2.75) is 46.0 Å². The summed E-state index contributed by atoms with van der Waals surface area (Å²) in [7, 11) is 0. The summed E-state index contributed by atoms with van der Waals surface area (Å²) in [5.74, 6) is 0. The van der Waals surface area contributed by atoms with E-state index in [-0.39, 0.29) is 0 Å². The Labute approximate surface area is 117 Å². The lowest BCUT2D eigenvalue weighted by atomic mass is 9.96. The van der Waals surface area contributed by atoms with Crippen molar-refractivity contribution in [3.8, 4) is 0 Å². The summed E-state index contributed by atoms with van der Waals surface area (Å²) in [4.78, 5) is 0. The first kappa shape index (κ1) is 13.9. The van der Waals surface area contributed by atoms with Gasteiger partial charge in [0.05, 0.1) is 0 Å². The molecule has 0 spiro atoms. The van der Waals surface area contributed by atoms with E-state index in [2.05, 4.69) is 62.4 Å². The van der Waals surface area contributed by atoms with Gasteiger partial charge in [-0.05, 0) is 49.3 Å². The molecule has 0 heterocycles. The standard InChI is InChI=1S/C19H24/c1-3-4-10-18-11-5-6-12-19(18)14-13-17-9-7-8-16(2)15-17/h5-9,11-12,15H,3-4,10,13-14H2,1-2H3. The minimum absolute atomic E-state index is 1.14. The van der Waals surface area contributed by atoms with Crippen molar-refractivity contribution in [2.75, 3.05) is 0 Å². The summed E-state index contributed by atoms with van der Waals surface area (Å²) in [6.07, 6.45) is 6.09. The number of rotatable bonds is 6. The molecule has 0 fully saturated rings. The molecule has 0 unspecified atom stereocenters. The quantitative estimate of drug-likeness (QED) is 0.669. The Morgan fingerprint density at radius 3 is 2.21 bits per heavy atom. The van der Waals surface area contributed by atoms with Crippen LogP contribution in [-0.4, -0.2) is 0 Å². The maximum atomic E-state index is 2.30. The van der Waals surface area contributed by atoms with Crippen LogP contribution in [0.3, 0.4) is 0 Å². The van der Waals surface area contributed by atoms with Crippen LogP contribution in [0.2, 0.25) is 0 Å². The second-order valence-corrected chi connectivity index (χ2v) is 5.36. The van der Waals surface area contributed by atoms with Crippen LogP contribution in [0.5, 0.6) is 0 Å². The number of hydrogen-bond acceptors (Lipinski definition) is 0. The van der Waals surface area contributed by atoms with E-state index in [4.69, 9.17) is 0 Å². The van der Waals surface area contributed by atoms with E-state index in [0.717, 1.165) is 12.8 Å². The predicted molar refractivity (Wildman–Crippen MR) is 83.6 cm³/mol. The number of aryl methyl sites for hydroxylation is 4. The van der Waals surface area contributed by atoms with Crippen molar-refractivity contribution in [1.82, 2.24) is 0 Å². The fourth-order valence-corrected chi connectivity index (χ4v) is 2.56. The van der Waals surface area contributed by atoms with Crippen LogP contribution >= 0.6 is 0 Å². The van der Waals surface area contributed by atoms with Gasteiger partial charge in [0.25, 0.3) is 0 Å². The van der Waals surface area contributed by atoms with Crippen molar-refractivity contribution in [2.24, 2.45) is 0 Å². The molecule has 2 aromatic rings. The molecule has 19 heavy (non-hydrogen) atoms. The van der Waals surface area contributed by atoms with Crippen LogP contribution in [0.4, 0.5) is 0 Å². The molecular weight excluding hydrogens is 228 g/mol. The summed E-state index contributed by atoms with van der Waals surface area (Å²) in [6, 6.07) is 17.8. The molecule has 0 saturated heterocycles. The molecule has 0 aromatic heterocycles. The number of hydrogen-bond donors (Lipinski definition) is 0. The summed E-state index contributed by atoms with van der Waals surface area (Å²) in [5.41, 5.74) is 5.87. The Morgan fingerprint density at radius 2 is 1.53 bits per heavy atom. The van der Waals surface area contributed by atoms with Crippen LogP contribution in [0.15, 0.2) is 48.5 Å². The third kappa shape index (κ3) is 4.24. The summed E-state index contributed by atoms with van der Waals surface area (Å²) in [5, 5.41) is 0. The zero-order valence-electron chi connectivity index (χ0n) is 12.2. The van der Waals surface area contributed by atoms with Gasteiger partial charge >= 0.3 is 0 Å². The molecule has 2 aromatic carbocycles. The van der Waals surface area contributed by atoms with Crippen molar-refractivity contribution < 1.29 is 0 Å². The van der Waals surface area contributed by atoms with E-state index in [1.54, 1.807) is 0 Å². The van der Waals surface area contributed by atoms with Crippen LogP contribution in [-0.2, 0) is 19.3 Å². The lowest BCUT2D eigenvalue weighted by Gasteiger charge is -2.09. The highest BCUT2D eigenvalue weighted by atomic mass is 14.1. The number of unbranched alkanes of at least 4 members (excludes halogenated alkanes) is 1. The first-order valence-electron chi connectivity index (χ1n) is 7.42. The molecule has 0 heteroatoms. The maximum absolute atomic E-state index is 2.30. The lowest BCUT2D eigenvalue weighted by Crippen LogP contribution is -1.97. The van der Waals surface area contributed by atoms with Gasteiger partial charge in [0.1, 0.15) is 0 Å². The summed E-state index contributed by atoms with van der Waals surface area (Å²) in [6.45, 7) is 4.42. The van der Waals surface area contributed by atoms with Crippen molar-refractivity contribution in [3.05, 3.63) is 70.8 Å². The van der Waals surface area contributed by atoms with E-state index in [0.29, 0.717) is 0 Å². The molecule has 2 rings (SSSR count). The van der Waals surface area contributed by atoms with Gasteiger partial charge in [-0.15, -0.1) is 0 Å². The Balaban J connectivity index is 2.02. The summed E-state index contributed by atoms with van der Waals surface area (Å²) < 4.78 is 0. The fourth-order valence-electron chi connectivity index (χ4n) is 2.56. The van der Waals surface area contributed by atoms with Gasteiger partial charge in [-0.2, -0.15) is 0 Å². The van der Waals surface area contributed by atoms with E-state index in [1.807, 2.05) is 0 Å². The van der Waals surface area contributed by atoms with Crippen molar-refractivity contribution in [1.29, 1.82) is 0 Å². The average molecular weight is 252 g/mol. The second-order valence-electron chi connectivity index (χ2n) is 5.36. The van der Waals surface area contributed by atoms with Crippen molar-refractivity contribution in [3.63, 3.8) is 0 Å². The monoisotopic (exact) mass is 252 g/mol. The highest BCUT2D eigenvalue weighted by Gasteiger charge is 2.02. The third-order valence-corrected chi connectivity index (χ3v) is 3.68. The van der Waals surface area contributed by atoms with Crippen LogP contribution in [0.25, 0.3) is 0 Å². The molecule has 0 saturated carbocycles. The largest absolute Gasteiger partial charge is 0.0654 e. The molecule has 0 radical (unpaired) electrons. The van der Waals surface area contributed by atoms with Gasteiger partial charge in [0, 0.05) is 0 Å². The lowest BCUT2D eigenvalue weighted by molar-refractivity contribution is 0.782. The van der Waals surface area contributed by atoms with E-state index in [1.165, 1.54) is 41.5 Å². The van der Waals surface area contributed by atoms with Crippen LogP contribution in [0.1, 0.15) is 42.0 Å². The molecule has 0 bridgehead atoms. The Bertz CT molecular complexity index is 511. The predicted octanol–water partition coefficient (Wildman–Crippen LogP) is 5.12. The zero-order valence-corrected chi connectivity index (χ0v) is 12.2. The molecule has 0 N–H and O–H groups in total. The molecule has 0 aliphatic rings. The van der Waals surface area contributed by atoms with Gasteiger partial charge in [-0.1, -0.05) is 67.4 Å². The van der Waals surface area contributed by atoms with Gasteiger partial charge in [-0.3, -0.25) is 0 Å². The van der Waals surface area contributed by atoms with Crippen LogP contribution in [0, 0.1) is 6.92 Å². The maximum Gasteiger partial charge on any atom is -0.0236 e. The normalized spacial score (nSPS) is 10.6. The SMILES string of the molecule is CCCCc1ccccc1CCc1cccc(C)c1.